The van der Waals surface area contributed by atoms with Crippen molar-refractivity contribution in [1.82, 2.24) is 29.4 Å². The van der Waals surface area contributed by atoms with Crippen LogP contribution in [0, 0.1) is 24.6 Å². The molecule has 2 fully saturated rings. The van der Waals surface area contributed by atoms with Crippen LogP contribution in [0.25, 0.3) is 16.6 Å². The van der Waals surface area contributed by atoms with E-state index in [2.05, 4.69) is 22.1 Å². The number of rotatable bonds is 8. The number of pyridine rings is 1. The molecule has 10 heteroatoms. The normalized spacial score (nSPS) is 17.4. The molecule has 4 heterocycles. The number of nitrogens with one attached hydrogen (secondary N) is 1. The summed E-state index contributed by atoms with van der Waals surface area (Å²) in [6.07, 6.45) is 3.92. The van der Waals surface area contributed by atoms with Crippen molar-refractivity contribution in [3.8, 4) is 11.1 Å². The first-order chi connectivity index (χ1) is 20.5. The maximum absolute atomic E-state index is 15.3. The molecule has 3 aromatic rings. The molecule has 43 heavy (non-hydrogen) atoms. The molecule has 2 aromatic heterocycles. The van der Waals surface area contributed by atoms with Gasteiger partial charge in [0.2, 0.25) is 5.95 Å². The third kappa shape index (κ3) is 5.98. The van der Waals surface area contributed by atoms with Gasteiger partial charge >= 0.3 is 6.03 Å². The number of fused-ring (bicyclic) bond motifs is 1. The van der Waals surface area contributed by atoms with E-state index in [0.717, 1.165) is 44.6 Å². The second-order valence-electron chi connectivity index (χ2n) is 12.3. The highest BCUT2D eigenvalue weighted by atomic mass is 19.1. The topological polar surface area (TPSA) is 73.2 Å². The molecule has 0 aliphatic carbocycles. The van der Waals surface area contributed by atoms with Crippen LogP contribution < -0.4 is 5.32 Å². The number of hydrogen-bond donors (Lipinski definition) is 1. The molecule has 3 amide bonds. The number of amides is 3. The van der Waals surface area contributed by atoms with E-state index >= 15 is 4.39 Å². The highest BCUT2D eigenvalue weighted by Crippen LogP contribution is 2.38. The van der Waals surface area contributed by atoms with Crippen LogP contribution in [-0.4, -0.2) is 87.4 Å². The van der Waals surface area contributed by atoms with Crippen LogP contribution in [0.2, 0.25) is 0 Å². The van der Waals surface area contributed by atoms with Gasteiger partial charge in [-0.15, -0.1) is 0 Å². The zero-order valence-electron chi connectivity index (χ0n) is 26.2. The summed E-state index contributed by atoms with van der Waals surface area (Å²) in [7, 11) is 0. The first-order valence-corrected chi connectivity index (χ1v) is 15.6. The number of nitrogens with zero attached hydrogens (tertiary/aromatic N) is 5. The minimum Gasteiger partial charge on any atom is -0.338 e. The van der Waals surface area contributed by atoms with E-state index in [1.807, 2.05) is 44.9 Å². The predicted molar refractivity (Wildman–Crippen MR) is 164 cm³/mol. The molecule has 1 N–H and O–H groups in total. The average Bonchev–Trinajstić information content (AvgIpc) is 3.25. The van der Waals surface area contributed by atoms with Crippen molar-refractivity contribution in [2.75, 3.05) is 39.3 Å². The van der Waals surface area contributed by atoms with Gasteiger partial charge in [-0.3, -0.25) is 9.69 Å². The Hall–Kier alpha value is -3.53. The minimum atomic E-state index is -0.610. The van der Waals surface area contributed by atoms with Gasteiger partial charge in [-0.1, -0.05) is 6.07 Å². The van der Waals surface area contributed by atoms with E-state index in [0.29, 0.717) is 42.0 Å². The Balaban J connectivity index is 1.41. The van der Waals surface area contributed by atoms with E-state index in [1.165, 1.54) is 12.1 Å². The second-order valence-corrected chi connectivity index (χ2v) is 12.3. The van der Waals surface area contributed by atoms with Crippen molar-refractivity contribution in [1.29, 1.82) is 0 Å². The third-order valence-corrected chi connectivity index (χ3v) is 9.41. The predicted octanol–water partition coefficient (Wildman–Crippen LogP) is 5.69. The van der Waals surface area contributed by atoms with Crippen LogP contribution in [0.5, 0.6) is 0 Å². The summed E-state index contributed by atoms with van der Waals surface area (Å²) in [4.78, 5) is 36.0. The third-order valence-electron chi connectivity index (χ3n) is 9.41. The molecule has 0 radical (unpaired) electrons. The maximum atomic E-state index is 15.3. The van der Waals surface area contributed by atoms with Gasteiger partial charge in [0.05, 0.1) is 5.56 Å². The van der Waals surface area contributed by atoms with Gasteiger partial charge in [0.1, 0.15) is 17.2 Å². The molecule has 8 nitrogen and oxygen atoms in total. The summed E-state index contributed by atoms with van der Waals surface area (Å²) < 4.78 is 31.6. The highest BCUT2D eigenvalue weighted by Gasteiger charge is 2.37. The van der Waals surface area contributed by atoms with Crippen molar-refractivity contribution in [2.45, 2.75) is 72.4 Å². The standard InChI is InChI=1S/C33H44F2N6O2/c1-7-36-33(43)38-13-11-23(12-14-38)21(5)39-17-25(18-39)24-15-28(30-31(35)37-22(6)41(30)19-24)27-10-9-26(34)16-29(27)32(42)40(8-2)20(3)4/h9-10,15-16,19-21,23,25H,7-8,11-14,17-18H2,1-6H3,(H,36,43). The number of aromatic nitrogens is 2. The maximum Gasteiger partial charge on any atom is 0.317 e. The number of carbonyl (C=O) groups is 2. The summed E-state index contributed by atoms with van der Waals surface area (Å²) in [5.74, 6) is -0.135. The van der Waals surface area contributed by atoms with Crippen molar-refractivity contribution < 1.29 is 18.4 Å². The van der Waals surface area contributed by atoms with E-state index < -0.39 is 11.8 Å². The SMILES string of the molecule is CCNC(=O)N1CCC(C(C)N2CC(c3cc(-c4ccc(F)cc4C(=O)N(CC)C(C)C)c4c(F)nc(C)n4c3)C2)CC1. The Morgan fingerprint density at radius 1 is 1.07 bits per heavy atom. The monoisotopic (exact) mass is 594 g/mol. The van der Waals surface area contributed by atoms with Crippen LogP contribution in [-0.2, 0) is 0 Å². The van der Waals surface area contributed by atoms with E-state index in [9.17, 15) is 14.0 Å². The van der Waals surface area contributed by atoms with Crippen LogP contribution in [0.1, 0.15) is 75.1 Å². The zero-order valence-corrected chi connectivity index (χ0v) is 26.2. The minimum absolute atomic E-state index is 0.0210. The lowest BCUT2D eigenvalue weighted by Gasteiger charge is -2.47. The fourth-order valence-corrected chi connectivity index (χ4v) is 6.79. The first kappa shape index (κ1) is 30.9. The lowest BCUT2D eigenvalue weighted by molar-refractivity contribution is 0.0455. The van der Waals surface area contributed by atoms with Gasteiger partial charge in [-0.25, -0.2) is 14.2 Å². The van der Waals surface area contributed by atoms with Gasteiger partial charge in [0.15, 0.2) is 0 Å². The number of urea groups is 1. The van der Waals surface area contributed by atoms with E-state index in [-0.39, 0.29) is 35.0 Å². The van der Waals surface area contributed by atoms with Crippen molar-refractivity contribution in [3.63, 3.8) is 0 Å². The van der Waals surface area contributed by atoms with Crippen LogP contribution >= 0.6 is 0 Å². The molecule has 2 aliphatic heterocycles. The lowest BCUT2D eigenvalue weighted by Crippen LogP contribution is -2.54. The summed E-state index contributed by atoms with van der Waals surface area (Å²) >= 11 is 0. The molecule has 1 atom stereocenters. The molecular formula is C33H44F2N6O2. The Morgan fingerprint density at radius 2 is 1.77 bits per heavy atom. The number of imidazole rings is 1. The molecule has 0 spiro atoms. The number of benzene rings is 1. The van der Waals surface area contributed by atoms with Gasteiger partial charge in [0.25, 0.3) is 5.91 Å². The van der Waals surface area contributed by atoms with Gasteiger partial charge in [-0.05, 0) is 89.6 Å². The van der Waals surface area contributed by atoms with E-state index in [4.69, 9.17) is 0 Å². The first-order valence-electron chi connectivity index (χ1n) is 15.6. The largest absolute Gasteiger partial charge is 0.338 e. The Bertz CT molecular complexity index is 1490. The molecule has 232 valence electrons. The second kappa shape index (κ2) is 12.6. The van der Waals surface area contributed by atoms with Gasteiger partial charge in [0, 0.05) is 69.0 Å². The molecule has 1 unspecified atom stereocenters. The van der Waals surface area contributed by atoms with Gasteiger partial charge < -0.3 is 19.5 Å². The highest BCUT2D eigenvalue weighted by molar-refractivity contribution is 6.03. The number of carbonyl (C=O) groups excluding carboxylic acids is 2. The Kier molecular flexibility index (Phi) is 9.06. The summed E-state index contributed by atoms with van der Waals surface area (Å²) in [6.45, 7) is 16.1. The molecule has 1 aromatic carbocycles. The Labute approximate surface area is 253 Å². The van der Waals surface area contributed by atoms with Crippen molar-refractivity contribution in [2.24, 2.45) is 5.92 Å². The summed E-state index contributed by atoms with van der Waals surface area (Å²) in [5.41, 5.74) is 2.59. The molecule has 0 saturated carbocycles. The number of piperidine rings is 1. The summed E-state index contributed by atoms with van der Waals surface area (Å²) in [6, 6.07) is 6.47. The zero-order chi connectivity index (χ0) is 31.0. The smallest absolute Gasteiger partial charge is 0.317 e. The number of halogens is 2. The average molecular weight is 595 g/mol. The fourth-order valence-electron chi connectivity index (χ4n) is 6.79. The molecule has 0 bridgehead atoms. The van der Waals surface area contributed by atoms with Crippen LogP contribution in [0.15, 0.2) is 30.5 Å². The molecule has 2 aliphatic rings. The molecular weight excluding hydrogens is 550 g/mol. The van der Waals surface area contributed by atoms with Crippen LogP contribution in [0.4, 0.5) is 13.6 Å². The number of hydrogen-bond acceptors (Lipinski definition) is 4. The van der Waals surface area contributed by atoms with Crippen LogP contribution in [0.3, 0.4) is 0 Å². The Morgan fingerprint density at radius 3 is 2.40 bits per heavy atom. The van der Waals surface area contributed by atoms with E-state index in [1.54, 1.807) is 22.3 Å². The fraction of sp³-hybridized carbons (Fsp3) is 0.545. The number of aryl methyl sites for hydroxylation is 1. The number of likely N-dealkylation sites (tertiary alicyclic amines) is 2. The lowest BCUT2D eigenvalue weighted by atomic mass is 9.83. The van der Waals surface area contributed by atoms with Crippen molar-refractivity contribution >= 4 is 17.5 Å². The summed E-state index contributed by atoms with van der Waals surface area (Å²) in [5, 5.41) is 2.90. The quantitative estimate of drug-likeness (QED) is 0.364. The molecule has 2 saturated heterocycles. The molecule has 5 rings (SSSR count). The van der Waals surface area contributed by atoms with Crippen molar-refractivity contribution in [3.05, 3.63) is 59.2 Å². The van der Waals surface area contributed by atoms with Gasteiger partial charge in [-0.2, -0.15) is 4.39 Å².